The zero-order valence-corrected chi connectivity index (χ0v) is 14.6. The average Bonchev–Trinajstić information content (AvgIpc) is 2.96. The lowest BCUT2D eigenvalue weighted by atomic mass is 10.1. The Balaban J connectivity index is 1.95. The van der Waals surface area contributed by atoms with Crippen LogP contribution in [0.1, 0.15) is 11.1 Å². The molecule has 6 nitrogen and oxygen atoms in total. The fraction of sp³-hybridized carbons (Fsp3) is 0.0556. The molecule has 126 valence electrons. The van der Waals surface area contributed by atoms with Crippen molar-refractivity contribution < 1.29 is 19.2 Å². The van der Waals surface area contributed by atoms with Crippen LogP contribution in [0.5, 0.6) is 5.75 Å². The summed E-state index contributed by atoms with van der Waals surface area (Å²) in [5.74, 6) is 0.0930. The van der Waals surface area contributed by atoms with Crippen molar-refractivity contribution in [1.29, 1.82) is 0 Å². The molecule has 1 aliphatic heterocycles. The molecule has 0 bridgehead atoms. The van der Waals surface area contributed by atoms with E-state index in [0.717, 1.165) is 10.0 Å². The van der Waals surface area contributed by atoms with Gasteiger partial charge in [0.05, 0.1) is 17.6 Å². The molecule has 1 heterocycles. The first-order chi connectivity index (χ1) is 12.0. The molecule has 0 unspecified atom stereocenters. The summed E-state index contributed by atoms with van der Waals surface area (Å²) in [5, 5.41) is 11.1. The predicted octanol–water partition coefficient (Wildman–Crippen LogP) is 4.35. The van der Waals surface area contributed by atoms with Gasteiger partial charge in [0.15, 0.2) is 5.75 Å². The molecule has 3 rings (SSSR count). The Morgan fingerprint density at radius 2 is 1.92 bits per heavy atom. The van der Waals surface area contributed by atoms with Crippen molar-refractivity contribution in [2.45, 2.75) is 0 Å². The molecular weight excluding hydrogens is 390 g/mol. The van der Waals surface area contributed by atoms with Gasteiger partial charge in [-0.1, -0.05) is 34.1 Å². The van der Waals surface area contributed by atoms with E-state index in [1.54, 1.807) is 18.2 Å². The predicted molar refractivity (Wildman–Crippen MR) is 95.8 cm³/mol. The van der Waals surface area contributed by atoms with Crippen molar-refractivity contribution >= 4 is 39.4 Å². The van der Waals surface area contributed by atoms with E-state index in [1.807, 2.05) is 24.3 Å². The molecule has 0 saturated heterocycles. The standard InChI is InChI=1S/C18H12BrNO5/c1-24-16-7-2-11(9-15(16)20(22)23)8-13-10-17(25-18(13)21)12-3-5-14(19)6-4-12/h2-10H,1H3/b13-8-. The number of methoxy groups -OCH3 is 1. The summed E-state index contributed by atoms with van der Waals surface area (Å²) in [5.41, 5.74) is 1.42. The molecule has 0 aliphatic carbocycles. The van der Waals surface area contributed by atoms with Gasteiger partial charge >= 0.3 is 11.7 Å². The monoisotopic (exact) mass is 401 g/mol. The molecule has 0 aromatic heterocycles. The minimum atomic E-state index is -0.531. The van der Waals surface area contributed by atoms with Gasteiger partial charge in [-0.2, -0.15) is 0 Å². The number of hydrogen-bond acceptors (Lipinski definition) is 5. The summed E-state index contributed by atoms with van der Waals surface area (Å²) < 4.78 is 11.2. The van der Waals surface area contributed by atoms with Crippen LogP contribution in [0.15, 0.2) is 58.6 Å². The number of ether oxygens (including phenoxy) is 2. The summed E-state index contributed by atoms with van der Waals surface area (Å²) in [6, 6.07) is 11.8. The summed E-state index contributed by atoms with van der Waals surface area (Å²) in [6.45, 7) is 0. The number of cyclic esters (lactones) is 1. The molecule has 0 atom stereocenters. The lowest BCUT2D eigenvalue weighted by molar-refractivity contribution is -0.385. The van der Waals surface area contributed by atoms with Crippen LogP contribution in [-0.2, 0) is 9.53 Å². The van der Waals surface area contributed by atoms with E-state index in [1.165, 1.54) is 19.2 Å². The van der Waals surface area contributed by atoms with Gasteiger partial charge in [0.25, 0.3) is 0 Å². The molecule has 2 aromatic rings. The Morgan fingerprint density at radius 3 is 2.56 bits per heavy atom. The van der Waals surface area contributed by atoms with E-state index in [-0.39, 0.29) is 11.4 Å². The maximum atomic E-state index is 12.1. The molecule has 7 heteroatoms. The Hall–Kier alpha value is -2.93. The lowest BCUT2D eigenvalue weighted by Gasteiger charge is -2.02. The van der Waals surface area contributed by atoms with Crippen LogP contribution in [0.4, 0.5) is 5.69 Å². The van der Waals surface area contributed by atoms with E-state index in [2.05, 4.69) is 15.9 Å². The lowest BCUT2D eigenvalue weighted by Crippen LogP contribution is -1.98. The van der Waals surface area contributed by atoms with Gasteiger partial charge in [0, 0.05) is 16.1 Å². The van der Waals surface area contributed by atoms with Gasteiger partial charge in [-0.3, -0.25) is 10.1 Å². The fourth-order valence-corrected chi connectivity index (χ4v) is 2.63. The van der Waals surface area contributed by atoms with E-state index < -0.39 is 10.9 Å². The minimum absolute atomic E-state index is 0.159. The van der Waals surface area contributed by atoms with E-state index >= 15 is 0 Å². The van der Waals surface area contributed by atoms with Crippen LogP contribution in [0.2, 0.25) is 0 Å². The number of rotatable bonds is 4. The zero-order valence-electron chi connectivity index (χ0n) is 13.1. The smallest absolute Gasteiger partial charge is 0.343 e. The molecule has 0 amide bonds. The number of nitrogens with zero attached hydrogens (tertiary/aromatic N) is 1. The van der Waals surface area contributed by atoms with Gasteiger partial charge in [0.2, 0.25) is 0 Å². The van der Waals surface area contributed by atoms with Crippen molar-refractivity contribution in [1.82, 2.24) is 0 Å². The highest BCUT2D eigenvalue weighted by atomic mass is 79.9. The topological polar surface area (TPSA) is 78.7 Å². The third kappa shape index (κ3) is 3.61. The third-order valence-corrected chi connectivity index (χ3v) is 4.10. The third-order valence-electron chi connectivity index (χ3n) is 3.58. The van der Waals surface area contributed by atoms with Crippen LogP contribution in [0.25, 0.3) is 11.8 Å². The van der Waals surface area contributed by atoms with Crippen molar-refractivity contribution in [2.24, 2.45) is 0 Å². The zero-order chi connectivity index (χ0) is 18.0. The number of nitro groups is 1. The second kappa shape index (κ2) is 6.90. The summed E-state index contributed by atoms with van der Waals surface area (Å²) in [7, 11) is 1.36. The molecule has 1 aliphatic rings. The van der Waals surface area contributed by atoms with Crippen LogP contribution >= 0.6 is 15.9 Å². The molecule has 25 heavy (non-hydrogen) atoms. The van der Waals surface area contributed by atoms with Gasteiger partial charge in [-0.25, -0.2) is 4.79 Å². The number of hydrogen-bond donors (Lipinski definition) is 0. The van der Waals surface area contributed by atoms with E-state index in [0.29, 0.717) is 16.9 Å². The highest BCUT2D eigenvalue weighted by Crippen LogP contribution is 2.31. The SMILES string of the molecule is COc1ccc(/C=C2/C=C(c3ccc(Br)cc3)OC2=O)cc1[N+](=O)[O-]. The highest BCUT2D eigenvalue weighted by molar-refractivity contribution is 9.10. The average molecular weight is 402 g/mol. The van der Waals surface area contributed by atoms with Crippen molar-refractivity contribution in [3.8, 4) is 5.75 Å². The molecule has 0 spiro atoms. The Kier molecular flexibility index (Phi) is 4.67. The van der Waals surface area contributed by atoms with Crippen LogP contribution in [0, 0.1) is 10.1 Å². The van der Waals surface area contributed by atoms with Crippen molar-refractivity contribution in [2.75, 3.05) is 7.11 Å². The van der Waals surface area contributed by atoms with Crippen molar-refractivity contribution in [3.05, 3.63) is 79.8 Å². The number of benzene rings is 2. The normalized spacial score (nSPS) is 15.0. The van der Waals surface area contributed by atoms with Crippen LogP contribution < -0.4 is 4.74 Å². The first-order valence-electron chi connectivity index (χ1n) is 7.22. The van der Waals surface area contributed by atoms with Crippen LogP contribution in [-0.4, -0.2) is 18.0 Å². The maximum Gasteiger partial charge on any atom is 0.343 e. The Labute approximate surface area is 151 Å². The molecule has 0 radical (unpaired) electrons. The number of esters is 1. The second-order valence-corrected chi connectivity index (χ2v) is 6.11. The van der Waals surface area contributed by atoms with E-state index in [4.69, 9.17) is 9.47 Å². The fourth-order valence-electron chi connectivity index (χ4n) is 2.36. The maximum absolute atomic E-state index is 12.1. The van der Waals surface area contributed by atoms with Gasteiger partial charge < -0.3 is 9.47 Å². The number of carbonyl (C=O) groups excluding carboxylic acids is 1. The number of carbonyl (C=O) groups is 1. The Bertz CT molecular complexity index is 916. The number of nitro benzene ring substituents is 1. The minimum Gasteiger partial charge on any atom is -0.490 e. The molecule has 0 saturated carbocycles. The molecular formula is C18H12BrNO5. The molecule has 0 fully saturated rings. The second-order valence-electron chi connectivity index (χ2n) is 5.19. The van der Waals surface area contributed by atoms with Gasteiger partial charge in [0.1, 0.15) is 5.76 Å². The molecule has 2 aromatic carbocycles. The Morgan fingerprint density at radius 1 is 1.20 bits per heavy atom. The van der Waals surface area contributed by atoms with Crippen molar-refractivity contribution in [3.63, 3.8) is 0 Å². The summed E-state index contributed by atoms with van der Waals surface area (Å²) in [4.78, 5) is 22.6. The van der Waals surface area contributed by atoms with Gasteiger partial charge in [-0.05, 0) is 35.9 Å². The first-order valence-corrected chi connectivity index (χ1v) is 8.01. The number of halogens is 1. The quantitative estimate of drug-likeness (QED) is 0.329. The van der Waals surface area contributed by atoms with Crippen LogP contribution in [0.3, 0.4) is 0 Å². The van der Waals surface area contributed by atoms with E-state index in [9.17, 15) is 14.9 Å². The van der Waals surface area contributed by atoms with Gasteiger partial charge in [-0.15, -0.1) is 0 Å². The highest BCUT2D eigenvalue weighted by Gasteiger charge is 2.22. The first kappa shape index (κ1) is 16.9. The summed E-state index contributed by atoms with van der Waals surface area (Å²) >= 11 is 3.35. The molecule has 0 N–H and O–H groups in total. The largest absolute Gasteiger partial charge is 0.490 e. The summed E-state index contributed by atoms with van der Waals surface area (Å²) in [6.07, 6.45) is 3.16.